The molecule has 0 atom stereocenters. The molecule has 4 nitrogen and oxygen atoms in total. The molecule has 1 aromatic heterocycles. The Balaban J connectivity index is 2.40. The maximum atomic E-state index is 13.9. The van der Waals surface area contributed by atoms with Gasteiger partial charge in [0.05, 0.1) is 5.56 Å². The molecule has 1 N–H and O–H groups in total. The highest BCUT2D eigenvalue weighted by molar-refractivity contribution is 9.10. The van der Waals surface area contributed by atoms with Crippen LogP contribution in [0.5, 0.6) is 11.6 Å². The summed E-state index contributed by atoms with van der Waals surface area (Å²) in [5.74, 6) is 1.45. The quantitative estimate of drug-likeness (QED) is 0.861. The topological polar surface area (TPSA) is 47.0 Å². The summed E-state index contributed by atoms with van der Waals surface area (Å²) in [6.07, 6.45) is 0.678. The SMILES string of the molecule is CCNc1nc(CC)nc(Oc2ccc(Br)cc2F)c1C. The minimum atomic E-state index is -0.439. The van der Waals surface area contributed by atoms with Crippen molar-refractivity contribution in [2.24, 2.45) is 0 Å². The van der Waals surface area contributed by atoms with E-state index in [2.05, 4.69) is 31.2 Å². The fraction of sp³-hybridized carbons (Fsp3) is 0.333. The third-order valence-electron chi connectivity index (χ3n) is 2.91. The van der Waals surface area contributed by atoms with Crippen LogP contribution < -0.4 is 10.1 Å². The molecule has 21 heavy (non-hydrogen) atoms. The number of rotatable bonds is 5. The number of anilines is 1. The maximum absolute atomic E-state index is 13.9. The normalized spacial score (nSPS) is 10.5. The van der Waals surface area contributed by atoms with E-state index in [9.17, 15) is 4.39 Å². The predicted octanol–water partition coefficient (Wildman–Crippen LogP) is 4.47. The van der Waals surface area contributed by atoms with Crippen LogP contribution in [-0.2, 0) is 6.42 Å². The first-order valence-electron chi connectivity index (χ1n) is 6.79. The van der Waals surface area contributed by atoms with Crippen molar-refractivity contribution in [1.29, 1.82) is 0 Å². The molecule has 2 rings (SSSR count). The van der Waals surface area contributed by atoms with Crippen molar-refractivity contribution in [1.82, 2.24) is 9.97 Å². The first kappa shape index (κ1) is 15.7. The lowest BCUT2D eigenvalue weighted by Gasteiger charge is -2.13. The first-order chi connectivity index (χ1) is 10.0. The standard InChI is InChI=1S/C15H17BrFN3O/c1-4-13-19-14(18-5-2)9(3)15(20-13)21-12-7-6-10(16)8-11(12)17/h6-8H,4-5H2,1-3H3,(H,18,19,20). The molecule has 0 spiro atoms. The number of aromatic nitrogens is 2. The molecule has 0 aliphatic rings. The van der Waals surface area contributed by atoms with E-state index in [-0.39, 0.29) is 5.75 Å². The number of nitrogens with zero attached hydrogens (tertiary/aromatic N) is 2. The van der Waals surface area contributed by atoms with E-state index in [1.54, 1.807) is 12.1 Å². The van der Waals surface area contributed by atoms with Crippen LogP contribution in [0.2, 0.25) is 0 Å². The monoisotopic (exact) mass is 353 g/mol. The Kier molecular flexibility index (Phi) is 5.12. The smallest absolute Gasteiger partial charge is 0.227 e. The van der Waals surface area contributed by atoms with Gasteiger partial charge in [-0.1, -0.05) is 22.9 Å². The number of benzene rings is 1. The van der Waals surface area contributed by atoms with Crippen LogP contribution in [0.1, 0.15) is 25.2 Å². The number of hydrogen-bond acceptors (Lipinski definition) is 4. The number of nitrogens with one attached hydrogen (secondary N) is 1. The molecule has 0 aliphatic heterocycles. The van der Waals surface area contributed by atoms with Gasteiger partial charge < -0.3 is 10.1 Å². The van der Waals surface area contributed by atoms with Crippen molar-refractivity contribution in [2.75, 3.05) is 11.9 Å². The van der Waals surface area contributed by atoms with Crippen molar-refractivity contribution in [3.8, 4) is 11.6 Å². The van der Waals surface area contributed by atoms with Crippen LogP contribution in [0.25, 0.3) is 0 Å². The van der Waals surface area contributed by atoms with Crippen LogP contribution in [-0.4, -0.2) is 16.5 Å². The summed E-state index contributed by atoms with van der Waals surface area (Å²) in [5, 5.41) is 3.17. The van der Waals surface area contributed by atoms with Crippen molar-refractivity contribution in [3.05, 3.63) is 39.9 Å². The maximum Gasteiger partial charge on any atom is 0.227 e. The van der Waals surface area contributed by atoms with E-state index in [0.29, 0.717) is 22.6 Å². The third-order valence-corrected chi connectivity index (χ3v) is 3.40. The van der Waals surface area contributed by atoms with Crippen molar-refractivity contribution < 1.29 is 9.13 Å². The summed E-state index contributed by atoms with van der Waals surface area (Å²) in [7, 11) is 0. The molecule has 0 saturated carbocycles. The third kappa shape index (κ3) is 3.69. The largest absolute Gasteiger partial charge is 0.435 e. The Morgan fingerprint density at radius 2 is 2.05 bits per heavy atom. The average Bonchev–Trinajstić information content (AvgIpc) is 2.46. The van der Waals surface area contributed by atoms with Gasteiger partial charge in [0.15, 0.2) is 11.6 Å². The lowest BCUT2D eigenvalue weighted by Crippen LogP contribution is -2.07. The number of ether oxygens (including phenoxy) is 1. The lowest BCUT2D eigenvalue weighted by molar-refractivity contribution is 0.421. The molecule has 2 aromatic rings. The van der Waals surface area contributed by atoms with Gasteiger partial charge in [-0.25, -0.2) is 9.37 Å². The first-order valence-corrected chi connectivity index (χ1v) is 7.58. The van der Waals surface area contributed by atoms with E-state index in [1.165, 1.54) is 6.07 Å². The summed E-state index contributed by atoms with van der Waals surface area (Å²) in [6.45, 7) is 6.54. The molecule has 1 aromatic carbocycles. The average molecular weight is 354 g/mol. The van der Waals surface area contributed by atoms with Gasteiger partial charge in [-0.3, -0.25) is 0 Å². The summed E-state index contributed by atoms with van der Waals surface area (Å²) in [6, 6.07) is 4.65. The Labute approximate surface area is 131 Å². The second-order valence-corrected chi connectivity index (χ2v) is 5.39. The van der Waals surface area contributed by atoms with Crippen molar-refractivity contribution in [2.45, 2.75) is 27.2 Å². The number of hydrogen-bond donors (Lipinski definition) is 1. The van der Waals surface area contributed by atoms with Gasteiger partial charge in [-0.2, -0.15) is 4.98 Å². The molecule has 0 amide bonds. The van der Waals surface area contributed by atoms with E-state index in [0.717, 1.165) is 17.9 Å². The van der Waals surface area contributed by atoms with Gasteiger partial charge in [0.25, 0.3) is 0 Å². The Morgan fingerprint density at radius 1 is 1.29 bits per heavy atom. The summed E-state index contributed by atoms with van der Waals surface area (Å²) in [4.78, 5) is 8.76. The molecular weight excluding hydrogens is 337 g/mol. The Hall–Kier alpha value is -1.69. The van der Waals surface area contributed by atoms with E-state index < -0.39 is 5.82 Å². The van der Waals surface area contributed by atoms with Gasteiger partial charge in [-0.15, -0.1) is 0 Å². The molecule has 1 heterocycles. The van der Waals surface area contributed by atoms with Crippen LogP contribution >= 0.6 is 15.9 Å². The molecule has 6 heteroatoms. The second kappa shape index (κ2) is 6.85. The molecule has 0 unspecified atom stereocenters. The van der Waals surface area contributed by atoms with Gasteiger partial charge in [0, 0.05) is 17.4 Å². The highest BCUT2D eigenvalue weighted by Crippen LogP contribution is 2.30. The molecule has 0 fully saturated rings. The summed E-state index contributed by atoms with van der Waals surface area (Å²) >= 11 is 3.22. The molecule has 0 aliphatic carbocycles. The molecule has 0 bridgehead atoms. The zero-order valence-electron chi connectivity index (χ0n) is 12.2. The van der Waals surface area contributed by atoms with Gasteiger partial charge in [-0.05, 0) is 32.0 Å². The van der Waals surface area contributed by atoms with Crippen LogP contribution in [0.3, 0.4) is 0 Å². The Bertz CT molecular complexity index is 649. The van der Waals surface area contributed by atoms with E-state index >= 15 is 0 Å². The van der Waals surface area contributed by atoms with Gasteiger partial charge in [0.1, 0.15) is 11.6 Å². The van der Waals surface area contributed by atoms with Crippen LogP contribution in [0, 0.1) is 12.7 Å². The summed E-state index contributed by atoms with van der Waals surface area (Å²) < 4.78 is 20.2. The van der Waals surface area contributed by atoms with E-state index in [1.807, 2.05) is 20.8 Å². The van der Waals surface area contributed by atoms with E-state index in [4.69, 9.17) is 4.74 Å². The van der Waals surface area contributed by atoms with Crippen LogP contribution in [0.15, 0.2) is 22.7 Å². The van der Waals surface area contributed by atoms with Crippen LogP contribution in [0.4, 0.5) is 10.2 Å². The predicted molar refractivity (Wildman–Crippen MR) is 84.5 cm³/mol. The Morgan fingerprint density at radius 3 is 2.67 bits per heavy atom. The highest BCUT2D eigenvalue weighted by atomic mass is 79.9. The zero-order chi connectivity index (χ0) is 15.4. The van der Waals surface area contributed by atoms with Crippen molar-refractivity contribution in [3.63, 3.8) is 0 Å². The molecule has 0 radical (unpaired) electrons. The van der Waals surface area contributed by atoms with Gasteiger partial charge in [0.2, 0.25) is 5.88 Å². The highest BCUT2D eigenvalue weighted by Gasteiger charge is 2.14. The number of halogens is 2. The summed E-state index contributed by atoms with van der Waals surface area (Å²) in [5.41, 5.74) is 0.761. The fourth-order valence-corrected chi connectivity index (χ4v) is 2.13. The zero-order valence-corrected chi connectivity index (χ0v) is 13.8. The van der Waals surface area contributed by atoms with Gasteiger partial charge >= 0.3 is 0 Å². The fourth-order valence-electron chi connectivity index (χ4n) is 1.80. The van der Waals surface area contributed by atoms with Crippen molar-refractivity contribution >= 4 is 21.7 Å². The minimum Gasteiger partial charge on any atom is -0.435 e. The second-order valence-electron chi connectivity index (χ2n) is 4.48. The number of aryl methyl sites for hydroxylation is 1. The molecular formula is C15H17BrFN3O. The lowest BCUT2D eigenvalue weighted by atomic mass is 10.3. The molecule has 0 saturated heterocycles. The molecule has 112 valence electrons. The minimum absolute atomic E-state index is 0.143.